The summed E-state index contributed by atoms with van der Waals surface area (Å²) in [6, 6.07) is 6.94. The van der Waals surface area contributed by atoms with E-state index in [2.05, 4.69) is 9.88 Å². The quantitative estimate of drug-likeness (QED) is 0.562. The summed E-state index contributed by atoms with van der Waals surface area (Å²) in [6.45, 7) is 0.993. The number of sulfonamides is 1. The van der Waals surface area contributed by atoms with Gasteiger partial charge in [-0.1, -0.05) is 17.3 Å². The molecule has 2 rings (SSSR count). The average Bonchev–Trinajstić information content (AvgIpc) is 2.99. The van der Waals surface area contributed by atoms with Gasteiger partial charge in [0.25, 0.3) is 5.69 Å². The molecule has 10 heteroatoms. The van der Waals surface area contributed by atoms with Crippen molar-refractivity contribution in [2.75, 3.05) is 20.1 Å². The summed E-state index contributed by atoms with van der Waals surface area (Å²) in [6.07, 6.45) is 1.53. The fourth-order valence-corrected chi connectivity index (χ4v) is 3.14. The van der Waals surface area contributed by atoms with Gasteiger partial charge in [0.15, 0.2) is 10.7 Å². The van der Waals surface area contributed by atoms with Crippen LogP contribution in [0.25, 0.3) is 0 Å². The maximum atomic E-state index is 12.2. The van der Waals surface area contributed by atoms with Crippen molar-refractivity contribution in [3.05, 3.63) is 52.4 Å². The highest BCUT2D eigenvalue weighted by molar-refractivity contribution is 7.89. The number of hydrogen-bond donors (Lipinski definition) is 1. The molecule has 0 aliphatic heterocycles. The normalized spacial score (nSPS) is 11.7. The van der Waals surface area contributed by atoms with Crippen molar-refractivity contribution in [1.29, 1.82) is 0 Å². The predicted molar refractivity (Wildman–Crippen MR) is 81.1 cm³/mol. The lowest BCUT2D eigenvalue weighted by Crippen LogP contribution is -2.33. The van der Waals surface area contributed by atoms with Crippen LogP contribution in [0.3, 0.4) is 0 Å². The second-order valence-electron chi connectivity index (χ2n) is 4.84. The summed E-state index contributed by atoms with van der Waals surface area (Å²) in [4.78, 5) is 11.7. The van der Waals surface area contributed by atoms with Gasteiger partial charge in [-0.25, -0.2) is 13.1 Å². The lowest BCUT2D eigenvalue weighted by molar-refractivity contribution is -0.387. The Bertz CT molecular complexity index is 760. The molecule has 1 aromatic heterocycles. The third kappa shape index (κ3) is 4.58. The van der Waals surface area contributed by atoms with Crippen molar-refractivity contribution in [1.82, 2.24) is 14.8 Å². The lowest BCUT2D eigenvalue weighted by Gasteiger charge is -2.15. The molecule has 2 aromatic rings. The van der Waals surface area contributed by atoms with Crippen LogP contribution in [-0.2, 0) is 16.6 Å². The minimum absolute atomic E-state index is 0.110. The molecule has 1 heterocycles. The molecule has 0 amide bonds. The first kappa shape index (κ1) is 17.1. The zero-order chi connectivity index (χ0) is 16.9. The third-order valence-corrected chi connectivity index (χ3v) is 4.56. The smallest absolute Gasteiger partial charge is 0.289 e. The van der Waals surface area contributed by atoms with Crippen LogP contribution in [0.1, 0.15) is 5.76 Å². The topological polar surface area (TPSA) is 119 Å². The monoisotopic (exact) mass is 340 g/mol. The first-order chi connectivity index (χ1) is 10.9. The van der Waals surface area contributed by atoms with E-state index in [1.807, 2.05) is 4.90 Å². The Morgan fingerprint density at radius 3 is 2.74 bits per heavy atom. The highest BCUT2D eigenvalue weighted by atomic mass is 32.2. The molecule has 1 aromatic carbocycles. The van der Waals surface area contributed by atoms with Crippen molar-refractivity contribution in [3.63, 3.8) is 0 Å². The maximum absolute atomic E-state index is 12.2. The van der Waals surface area contributed by atoms with Crippen LogP contribution in [-0.4, -0.2) is 43.5 Å². The molecule has 1 N–H and O–H groups in total. The van der Waals surface area contributed by atoms with Gasteiger partial charge in [0.1, 0.15) is 0 Å². The van der Waals surface area contributed by atoms with E-state index in [0.29, 0.717) is 18.8 Å². The molecule has 0 spiro atoms. The Morgan fingerprint density at radius 2 is 2.09 bits per heavy atom. The fraction of sp³-hybridized carbons (Fsp3) is 0.308. The van der Waals surface area contributed by atoms with E-state index >= 15 is 0 Å². The van der Waals surface area contributed by atoms with Gasteiger partial charge in [0, 0.05) is 25.2 Å². The molecule has 0 radical (unpaired) electrons. The molecular formula is C13H16N4O5S. The van der Waals surface area contributed by atoms with Crippen LogP contribution in [0.5, 0.6) is 0 Å². The van der Waals surface area contributed by atoms with E-state index in [0.717, 1.165) is 6.07 Å². The minimum atomic E-state index is -3.95. The number of nitro benzene ring substituents is 1. The van der Waals surface area contributed by atoms with Gasteiger partial charge in [-0.2, -0.15) is 0 Å². The summed E-state index contributed by atoms with van der Waals surface area (Å²) >= 11 is 0. The second-order valence-corrected chi connectivity index (χ2v) is 6.57. The zero-order valence-electron chi connectivity index (χ0n) is 12.4. The third-order valence-electron chi connectivity index (χ3n) is 3.05. The molecule has 9 nitrogen and oxygen atoms in total. The molecular weight excluding hydrogens is 324 g/mol. The van der Waals surface area contributed by atoms with E-state index in [1.54, 1.807) is 13.1 Å². The zero-order valence-corrected chi connectivity index (χ0v) is 13.2. The molecule has 0 unspecified atom stereocenters. The van der Waals surface area contributed by atoms with Crippen molar-refractivity contribution in [2.24, 2.45) is 0 Å². The van der Waals surface area contributed by atoms with Gasteiger partial charge < -0.3 is 4.52 Å². The molecule has 23 heavy (non-hydrogen) atoms. The summed E-state index contributed by atoms with van der Waals surface area (Å²) in [5.41, 5.74) is -0.449. The molecule has 0 saturated carbocycles. The Labute approximate surface area is 133 Å². The number of hydrogen-bond acceptors (Lipinski definition) is 7. The Morgan fingerprint density at radius 1 is 1.35 bits per heavy atom. The highest BCUT2D eigenvalue weighted by Crippen LogP contribution is 2.22. The van der Waals surface area contributed by atoms with Gasteiger partial charge in [-0.15, -0.1) is 0 Å². The molecule has 0 fully saturated rings. The van der Waals surface area contributed by atoms with E-state index in [-0.39, 0.29) is 11.4 Å². The van der Waals surface area contributed by atoms with Gasteiger partial charge >= 0.3 is 0 Å². The van der Waals surface area contributed by atoms with Crippen LogP contribution < -0.4 is 4.72 Å². The standard InChI is InChI=1S/C13H16N4O5S/c1-16(10-11-6-7-14-22-11)9-8-15-23(20,21)13-5-3-2-4-12(13)17(18)19/h2-7,15H,8-10H2,1H3. The van der Waals surface area contributed by atoms with E-state index in [4.69, 9.17) is 4.52 Å². The van der Waals surface area contributed by atoms with Crippen molar-refractivity contribution in [2.45, 2.75) is 11.4 Å². The fourth-order valence-electron chi connectivity index (χ4n) is 1.95. The first-order valence-electron chi connectivity index (χ1n) is 6.71. The van der Waals surface area contributed by atoms with E-state index < -0.39 is 20.6 Å². The second kappa shape index (κ2) is 7.31. The molecule has 0 aliphatic carbocycles. The summed E-state index contributed by atoms with van der Waals surface area (Å²) in [5, 5.41) is 14.5. The number of para-hydroxylation sites is 1. The maximum Gasteiger partial charge on any atom is 0.289 e. The minimum Gasteiger partial charge on any atom is -0.360 e. The van der Waals surface area contributed by atoms with Gasteiger partial charge in [-0.3, -0.25) is 15.0 Å². The number of nitrogens with zero attached hydrogens (tertiary/aromatic N) is 3. The summed E-state index contributed by atoms with van der Waals surface area (Å²) in [7, 11) is -2.15. The number of nitro groups is 1. The lowest BCUT2D eigenvalue weighted by atomic mass is 10.3. The number of nitrogens with one attached hydrogen (secondary N) is 1. The number of rotatable bonds is 8. The van der Waals surface area contributed by atoms with Crippen molar-refractivity contribution >= 4 is 15.7 Å². The van der Waals surface area contributed by atoms with Crippen LogP contribution in [0.2, 0.25) is 0 Å². The Kier molecular flexibility index (Phi) is 5.42. The van der Waals surface area contributed by atoms with Gasteiger partial charge in [0.2, 0.25) is 10.0 Å². The van der Waals surface area contributed by atoms with Crippen LogP contribution in [0.4, 0.5) is 5.69 Å². The van der Waals surface area contributed by atoms with E-state index in [9.17, 15) is 18.5 Å². The highest BCUT2D eigenvalue weighted by Gasteiger charge is 2.24. The first-order valence-corrected chi connectivity index (χ1v) is 8.19. The van der Waals surface area contributed by atoms with Crippen LogP contribution >= 0.6 is 0 Å². The SMILES string of the molecule is CN(CCNS(=O)(=O)c1ccccc1[N+](=O)[O-])Cc1ccno1. The number of likely N-dealkylation sites (N-methyl/N-ethyl adjacent to an activating group) is 1. The molecule has 124 valence electrons. The van der Waals surface area contributed by atoms with Gasteiger partial charge in [-0.05, 0) is 13.1 Å². The van der Waals surface area contributed by atoms with Crippen molar-refractivity contribution in [3.8, 4) is 0 Å². The number of aromatic nitrogens is 1. The Balaban J connectivity index is 1.95. The largest absolute Gasteiger partial charge is 0.360 e. The summed E-state index contributed by atoms with van der Waals surface area (Å²) in [5.74, 6) is 0.661. The molecule has 0 atom stereocenters. The van der Waals surface area contributed by atoms with Gasteiger partial charge in [0.05, 0.1) is 17.7 Å². The molecule has 0 aliphatic rings. The predicted octanol–water partition coefficient (Wildman–Crippen LogP) is 0.993. The van der Waals surface area contributed by atoms with Crippen molar-refractivity contribution < 1.29 is 17.9 Å². The average molecular weight is 340 g/mol. The van der Waals surface area contributed by atoms with E-state index in [1.165, 1.54) is 24.4 Å². The molecule has 0 saturated heterocycles. The summed E-state index contributed by atoms with van der Waals surface area (Å²) < 4.78 is 31.7. The Hall–Kier alpha value is -2.30. The van der Waals surface area contributed by atoms with Crippen LogP contribution in [0, 0.1) is 10.1 Å². The van der Waals surface area contributed by atoms with Crippen LogP contribution in [0.15, 0.2) is 45.9 Å². The molecule has 0 bridgehead atoms. The number of benzene rings is 1.